The largest absolute Gasteiger partial charge is 0.477 e. The van der Waals surface area contributed by atoms with Crippen LogP contribution in [-0.4, -0.2) is 40.2 Å². The van der Waals surface area contributed by atoms with Crippen LogP contribution < -0.4 is 0 Å². The monoisotopic (exact) mass is 262 g/mol. The normalized spacial score (nSPS) is 13.6. The molecule has 1 amide bonds. The van der Waals surface area contributed by atoms with Crippen molar-refractivity contribution in [2.75, 3.05) is 13.2 Å². The first-order valence-corrected chi connectivity index (χ1v) is 5.86. The molecule has 1 aromatic rings. The van der Waals surface area contributed by atoms with Crippen molar-refractivity contribution in [2.45, 2.75) is 13.0 Å². The van der Waals surface area contributed by atoms with Crippen LogP contribution in [0.2, 0.25) is 0 Å². The fourth-order valence-corrected chi connectivity index (χ4v) is 2.05. The zero-order valence-electron chi connectivity index (χ0n) is 10.3. The lowest BCUT2D eigenvalue weighted by molar-refractivity contribution is 0.0688. The van der Waals surface area contributed by atoms with Gasteiger partial charge in [-0.25, -0.2) is 14.6 Å². The third kappa shape index (κ3) is 2.73. The van der Waals surface area contributed by atoms with Crippen molar-refractivity contribution in [3.63, 3.8) is 0 Å². The van der Waals surface area contributed by atoms with Crippen LogP contribution in [0.4, 0.5) is 4.79 Å². The predicted molar refractivity (Wildman–Crippen MR) is 66.9 cm³/mol. The van der Waals surface area contributed by atoms with Gasteiger partial charge in [0, 0.05) is 19.3 Å². The van der Waals surface area contributed by atoms with Crippen LogP contribution in [0, 0.1) is 0 Å². The average Bonchev–Trinajstić information content (AvgIpc) is 2.43. The lowest BCUT2D eigenvalue weighted by Crippen LogP contribution is -2.37. The molecule has 0 aromatic carbocycles. The van der Waals surface area contributed by atoms with Crippen LogP contribution in [0.5, 0.6) is 0 Å². The van der Waals surface area contributed by atoms with Gasteiger partial charge < -0.3 is 14.7 Å². The second-order valence-electron chi connectivity index (χ2n) is 4.14. The first-order chi connectivity index (χ1) is 9.13. The molecule has 0 spiro atoms. The Morgan fingerprint density at radius 2 is 2.37 bits per heavy atom. The number of amides is 1. The Morgan fingerprint density at radius 3 is 3.05 bits per heavy atom. The maximum atomic E-state index is 11.7. The highest BCUT2D eigenvalue weighted by Gasteiger charge is 2.25. The first kappa shape index (κ1) is 13.1. The molecular formula is C13H14N2O4. The summed E-state index contributed by atoms with van der Waals surface area (Å²) in [6, 6.07) is 1.73. The third-order valence-corrected chi connectivity index (χ3v) is 2.93. The van der Waals surface area contributed by atoms with Gasteiger partial charge in [-0.3, -0.25) is 0 Å². The molecule has 1 N–H and O–H groups in total. The minimum Gasteiger partial charge on any atom is -0.477 e. The predicted octanol–water partition coefficient (Wildman–Crippen LogP) is 1.46. The summed E-state index contributed by atoms with van der Waals surface area (Å²) in [5.41, 5.74) is 1.56. The number of hydrogen-bond donors (Lipinski definition) is 1. The number of ether oxygens (including phenoxy) is 1. The van der Waals surface area contributed by atoms with Crippen molar-refractivity contribution >= 4 is 12.1 Å². The van der Waals surface area contributed by atoms with Crippen LogP contribution in [0.15, 0.2) is 24.9 Å². The maximum absolute atomic E-state index is 11.7. The van der Waals surface area contributed by atoms with Gasteiger partial charge in [0.1, 0.15) is 6.61 Å². The van der Waals surface area contributed by atoms with E-state index in [0.717, 1.165) is 5.56 Å². The molecule has 1 aliphatic heterocycles. The van der Waals surface area contributed by atoms with Crippen molar-refractivity contribution in [1.29, 1.82) is 0 Å². The van der Waals surface area contributed by atoms with Gasteiger partial charge >= 0.3 is 12.1 Å². The average molecular weight is 262 g/mol. The molecule has 100 valence electrons. The lowest BCUT2D eigenvalue weighted by atomic mass is 9.99. The molecule has 0 saturated carbocycles. The molecule has 1 aliphatic rings. The molecule has 6 heteroatoms. The maximum Gasteiger partial charge on any atom is 0.410 e. The smallest absolute Gasteiger partial charge is 0.410 e. The number of fused-ring (bicyclic) bond motifs is 1. The Bertz CT molecular complexity index is 527. The summed E-state index contributed by atoms with van der Waals surface area (Å²) in [6.45, 7) is 4.41. The first-order valence-electron chi connectivity index (χ1n) is 5.86. The van der Waals surface area contributed by atoms with Gasteiger partial charge in [0.2, 0.25) is 0 Å². The van der Waals surface area contributed by atoms with E-state index in [0.29, 0.717) is 25.1 Å². The Hall–Kier alpha value is -2.37. The molecule has 0 fully saturated rings. The number of pyridine rings is 1. The molecule has 19 heavy (non-hydrogen) atoms. The summed E-state index contributed by atoms with van der Waals surface area (Å²) in [5.74, 6) is -1.04. The number of carboxylic acid groups (broad SMARTS) is 1. The van der Waals surface area contributed by atoms with Gasteiger partial charge in [0.15, 0.2) is 5.69 Å². The summed E-state index contributed by atoms with van der Waals surface area (Å²) < 4.78 is 4.96. The number of nitrogens with zero attached hydrogens (tertiary/aromatic N) is 2. The van der Waals surface area contributed by atoms with Crippen LogP contribution in [0.25, 0.3) is 0 Å². The van der Waals surface area contributed by atoms with E-state index in [2.05, 4.69) is 11.6 Å². The summed E-state index contributed by atoms with van der Waals surface area (Å²) in [7, 11) is 0. The number of aromatic carboxylic acids is 1. The minimum atomic E-state index is -1.04. The number of rotatable bonds is 3. The number of carboxylic acids is 1. The van der Waals surface area contributed by atoms with Crippen LogP contribution in [0.3, 0.4) is 0 Å². The van der Waals surface area contributed by atoms with Crippen LogP contribution >= 0.6 is 0 Å². The highest BCUT2D eigenvalue weighted by atomic mass is 16.6. The number of carbonyl (C=O) groups excluding carboxylic acids is 1. The van der Waals surface area contributed by atoms with E-state index < -0.39 is 12.1 Å². The van der Waals surface area contributed by atoms with Gasteiger partial charge in [0.05, 0.1) is 0 Å². The summed E-state index contributed by atoms with van der Waals surface area (Å²) in [6.07, 6.45) is 3.00. The van der Waals surface area contributed by atoms with Gasteiger partial charge in [-0.2, -0.15) is 0 Å². The molecule has 0 unspecified atom stereocenters. The van der Waals surface area contributed by atoms with Crippen LogP contribution in [-0.2, 0) is 17.7 Å². The highest BCUT2D eigenvalue weighted by Crippen LogP contribution is 2.21. The van der Waals surface area contributed by atoms with Crippen molar-refractivity contribution < 1.29 is 19.4 Å². The van der Waals surface area contributed by atoms with Gasteiger partial charge in [0.25, 0.3) is 0 Å². The lowest BCUT2D eigenvalue weighted by Gasteiger charge is -2.28. The molecule has 0 bridgehead atoms. The third-order valence-electron chi connectivity index (χ3n) is 2.93. The quantitative estimate of drug-likeness (QED) is 0.834. The summed E-state index contributed by atoms with van der Waals surface area (Å²) in [4.78, 5) is 28.2. The zero-order valence-corrected chi connectivity index (χ0v) is 10.3. The molecule has 2 rings (SSSR count). The Kier molecular flexibility index (Phi) is 3.79. The minimum absolute atomic E-state index is 0.0663. The molecule has 1 aromatic heterocycles. The molecule has 6 nitrogen and oxygen atoms in total. The fourth-order valence-electron chi connectivity index (χ4n) is 2.05. The molecule has 0 atom stereocenters. The standard InChI is InChI=1S/C13H14N2O4/c1-2-7-19-13(18)15-6-4-10-9(8-15)3-5-14-11(10)12(16)17/h2-3,5H,1,4,6-8H2,(H,16,17). The van der Waals surface area contributed by atoms with E-state index >= 15 is 0 Å². The SMILES string of the molecule is C=CCOC(=O)N1CCc2c(ccnc2C(=O)O)C1. The van der Waals surface area contributed by atoms with E-state index in [-0.39, 0.29) is 12.3 Å². The van der Waals surface area contributed by atoms with Crippen molar-refractivity contribution in [1.82, 2.24) is 9.88 Å². The molecule has 0 saturated heterocycles. The van der Waals surface area contributed by atoms with Crippen molar-refractivity contribution in [2.24, 2.45) is 0 Å². The number of aromatic nitrogens is 1. The molecule has 0 radical (unpaired) electrons. The highest BCUT2D eigenvalue weighted by molar-refractivity contribution is 5.87. The Balaban J connectivity index is 2.16. The van der Waals surface area contributed by atoms with Crippen molar-refractivity contribution in [3.8, 4) is 0 Å². The van der Waals surface area contributed by atoms with E-state index in [4.69, 9.17) is 9.84 Å². The van der Waals surface area contributed by atoms with E-state index in [1.54, 1.807) is 6.07 Å². The van der Waals surface area contributed by atoms with Crippen molar-refractivity contribution in [3.05, 3.63) is 41.7 Å². The Morgan fingerprint density at radius 1 is 1.58 bits per heavy atom. The second-order valence-corrected chi connectivity index (χ2v) is 4.14. The van der Waals surface area contributed by atoms with Crippen LogP contribution in [0.1, 0.15) is 21.6 Å². The van der Waals surface area contributed by atoms with Gasteiger partial charge in [-0.1, -0.05) is 12.7 Å². The molecule has 2 heterocycles. The van der Waals surface area contributed by atoms with Gasteiger partial charge in [-0.05, 0) is 23.6 Å². The topological polar surface area (TPSA) is 79.7 Å². The molecular weight excluding hydrogens is 248 g/mol. The Labute approximate surface area is 110 Å². The van der Waals surface area contributed by atoms with E-state index in [1.165, 1.54) is 17.2 Å². The molecule has 0 aliphatic carbocycles. The second kappa shape index (κ2) is 5.51. The van der Waals surface area contributed by atoms with E-state index in [9.17, 15) is 9.59 Å². The summed E-state index contributed by atoms with van der Waals surface area (Å²) in [5, 5.41) is 9.05. The fraction of sp³-hybridized carbons (Fsp3) is 0.308. The number of hydrogen-bond acceptors (Lipinski definition) is 4. The summed E-state index contributed by atoms with van der Waals surface area (Å²) >= 11 is 0. The van der Waals surface area contributed by atoms with E-state index in [1.807, 2.05) is 0 Å². The van der Waals surface area contributed by atoms with Gasteiger partial charge in [-0.15, -0.1) is 0 Å². The number of carbonyl (C=O) groups is 2. The zero-order chi connectivity index (χ0) is 13.8.